The van der Waals surface area contributed by atoms with E-state index in [0.29, 0.717) is 18.2 Å². The van der Waals surface area contributed by atoms with Gasteiger partial charge in [-0.3, -0.25) is 9.48 Å². The van der Waals surface area contributed by atoms with E-state index in [9.17, 15) is 4.79 Å². The highest BCUT2D eigenvalue weighted by Gasteiger charge is 2.21. The molecule has 0 unspecified atom stereocenters. The van der Waals surface area contributed by atoms with Crippen LogP contribution in [0.2, 0.25) is 0 Å². The lowest BCUT2D eigenvalue weighted by Gasteiger charge is -2.25. The molecule has 5 heteroatoms. The van der Waals surface area contributed by atoms with Crippen molar-refractivity contribution in [2.24, 2.45) is 13.0 Å². The van der Waals surface area contributed by atoms with Crippen LogP contribution < -0.4 is 5.32 Å². The van der Waals surface area contributed by atoms with Crippen molar-refractivity contribution in [2.45, 2.75) is 39.3 Å². The van der Waals surface area contributed by atoms with Crippen LogP contribution in [0, 0.1) is 12.8 Å². The SMILES string of the molecule is Cc1ccc(CNC(=O)c2ccnn2CC2CCC2)n1C. The predicted octanol–water partition coefficient (Wildman–Crippen LogP) is 2.26. The molecule has 0 atom stereocenters. The molecule has 0 aromatic carbocycles. The van der Waals surface area contributed by atoms with Crippen molar-refractivity contribution in [3.05, 3.63) is 41.5 Å². The Hall–Kier alpha value is -2.04. The Morgan fingerprint density at radius 2 is 2.19 bits per heavy atom. The molecule has 1 saturated carbocycles. The molecule has 1 aliphatic carbocycles. The van der Waals surface area contributed by atoms with E-state index in [-0.39, 0.29) is 5.91 Å². The molecule has 0 spiro atoms. The van der Waals surface area contributed by atoms with E-state index in [1.54, 1.807) is 12.3 Å². The van der Waals surface area contributed by atoms with Gasteiger partial charge in [0.15, 0.2) is 0 Å². The molecule has 0 saturated heterocycles. The first-order chi connectivity index (χ1) is 10.1. The first kappa shape index (κ1) is 13.9. The smallest absolute Gasteiger partial charge is 0.269 e. The average Bonchev–Trinajstić information content (AvgIpc) is 3.01. The lowest BCUT2D eigenvalue weighted by molar-refractivity contribution is 0.0936. The summed E-state index contributed by atoms with van der Waals surface area (Å²) in [6.07, 6.45) is 5.52. The molecule has 1 amide bonds. The Bertz CT molecular complexity index is 636. The Morgan fingerprint density at radius 3 is 2.81 bits per heavy atom. The third-order valence-corrected chi connectivity index (χ3v) is 4.51. The molecule has 1 aliphatic rings. The van der Waals surface area contributed by atoms with Gasteiger partial charge in [0, 0.05) is 31.2 Å². The first-order valence-corrected chi connectivity index (χ1v) is 7.56. The van der Waals surface area contributed by atoms with Crippen LogP contribution in [0.3, 0.4) is 0 Å². The van der Waals surface area contributed by atoms with Crippen LogP contribution in [0.25, 0.3) is 0 Å². The number of rotatable bonds is 5. The van der Waals surface area contributed by atoms with Crippen molar-refractivity contribution in [3.63, 3.8) is 0 Å². The zero-order chi connectivity index (χ0) is 14.8. The fourth-order valence-electron chi connectivity index (χ4n) is 2.70. The minimum atomic E-state index is -0.0503. The second-order valence-corrected chi connectivity index (χ2v) is 5.90. The molecule has 2 aromatic rings. The predicted molar refractivity (Wildman–Crippen MR) is 80.9 cm³/mol. The van der Waals surface area contributed by atoms with Crippen molar-refractivity contribution in [1.82, 2.24) is 19.7 Å². The van der Waals surface area contributed by atoms with Gasteiger partial charge in [-0.2, -0.15) is 5.10 Å². The van der Waals surface area contributed by atoms with Gasteiger partial charge in [-0.1, -0.05) is 6.42 Å². The van der Waals surface area contributed by atoms with Gasteiger partial charge in [0.2, 0.25) is 0 Å². The summed E-state index contributed by atoms with van der Waals surface area (Å²) in [7, 11) is 2.01. The molecule has 0 aliphatic heterocycles. The summed E-state index contributed by atoms with van der Waals surface area (Å²) in [4.78, 5) is 12.3. The van der Waals surface area contributed by atoms with Crippen molar-refractivity contribution >= 4 is 5.91 Å². The second kappa shape index (κ2) is 5.76. The quantitative estimate of drug-likeness (QED) is 0.916. The molecule has 3 rings (SSSR count). The number of nitrogens with zero attached hydrogens (tertiary/aromatic N) is 3. The lowest BCUT2D eigenvalue weighted by atomic mass is 9.85. The summed E-state index contributed by atoms with van der Waals surface area (Å²) in [5.41, 5.74) is 2.95. The fraction of sp³-hybridized carbons (Fsp3) is 0.500. The molecule has 0 radical (unpaired) electrons. The molecular weight excluding hydrogens is 264 g/mol. The second-order valence-electron chi connectivity index (χ2n) is 5.90. The minimum Gasteiger partial charge on any atom is -0.350 e. The molecule has 2 aromatic heterocycles. The summed E-state index contributed by atoms with van der Waals surface area (Å²) in [6, 6.07) is 5.90. The van der Waals surface area contributed by atoms with Gasteiger partial charge < -0.3 is 9.88 Å². The maximum atomic E-state index is 12.3. The normalized spacial score (nSPS) is 15.0. The molecule has 5 nitrogen and oxygen atoms in total. The third kappa shape index (κ3) is 2.86. The molecule has 112 valence electrons. The van der Waals surface area contributed by atoms with E-state index in [2.05, 4.69) is 28.0 Å². The molecule has 21 heavy (non-hydrogen) atoms. The van der Waals surface area contributed by atoms with Crippen LogP contribution in [0.5, 0.6) is 0 Å². The minimum absolute atomic E-state index is 0.0503. The number of nitrogens with one attached hydrogen (secondary N) is 1. The Morgan fingerprint density at radius 1 is 1.38 bits per heavy atom. The highest BCUT2D eigenvalue weighted by molar-refractivity contribution is 5.92. The first-order valence-electron chi connectivity index (χ1n) is 7.56. The largest absolute Gasteiger partial charge is 0.350 e. The molecule has 1 N–H and O–H groups in total. The van der Waals surface area contributed by atoms with Gasteiger partial charge in [-0.25, -0.2) is 0 Å². The third-order valence-electron chi connectivity index (χ3n) is 4.51. The van der Waals surface area contributed by atoms with Crippen molar-refractivity contribution in [1.29, 1.82) is 0 Å². The number of aromatic nitrogens is 3. The summed E-state index contributed by atoms with van der Waals surface area (Å²) < 4.78 is 3.93. The van der Waals surface area contributed by atoms with Gasteiger partial charge in [0.25, 0.3) is 5.91 Å². The number of amides is 1. The van der Waals surface area contributed by atoms with E-state index in [1.165, 1.54) is 25.0 Å². The van der Waals surface area contributed by atoms with Gasteiger partial charge in [-0.05, 0) is 43.9 Å². The molecular formula is C16H22N4O. The Kier molecular flexibility index (Phi) is 3.82. The van der Waals surface area contributed by atoms with Crippen molar-refractivity contribution in [2.75, 3.05) is 0 Å². The van der Waals surface area contributed by atoms with Crippen LogP contribution in [-0.2, 0) is 20.1 Å². The molecule has 2 heterocycles. The van der Waals surface area contributed by atoms with Gasteiger partial charge >= 0.3 is 0 Å². The van der Waals surface area contributed by atoms with E-state index in [0.717, 1.165) is 12.2 Å². The van der Waals surface area contributed by atoms with Crippen molar-refractivity contribution < 1.29 is 4.79 Å². The van der Waals surface area contributed by atoms with E-state index in [1.807, 2.05) is 17.8 Å². The monoisotopic (exact) mass is 286 g/mol. The number of carbonyl (C=O) groups excluding carboxylic acids is 1. The maximum absolute atomic E-state index is 12.3. The van der Waals surface area contributed by atoms with E-state index < -0.39 is 0 Å². The number of carbonyl (C=O) groups is 1. The standard InChI is InChI=1S/C16H22N4O/c1-12-6-7-14(19(12)2)10-17-16(21)15-8-9-18-20(15)11-13-4-3-5-13/h6-9,13H,3-5,10-11H2,1-2H3,(H,17,21). The number of hydrogen-bond donors (Lipinski definition) is 1. The zero-order valence-electron chi connectivity index (χ0n) is 12.7. The highest BCUT2D eigenvalue weighted by atomic mass is 16.2. The van der Waals surface area contributed by atoms with Gasteiger partial charge in [0.05, 0.1) is 6.54 Å². The number of hydrogen-bond acceptors (Lipinski definition) is 2. The van der Waals surface area contributed by atoms with E-state index >= 15 is 0 Å². The van der Waals surface area contributed by atoms with Crippen molar-refractivity contribution in [3.8, 4) is 0 Å². The average molecular weight is 286 g/mol. The molecule has 1 fully saturated rings. The summed E-state index contributed by atoms with van der Waals surface area (Å²) in [5, 5.41) is 7.27. The summed E-state index contributed by atoms with van der Waals surface area (Å²) in [6.45, 7) is 3.45. The van der Waals surface area contributed by atoms with Gasteiger partial charge in [-0.15, -0.1) is 0 Å². The molecule has 0 bridgehead atoms. The maximum Gasteiger partial charge on any atom is 0.269 e. The van der Waals surface area contributed by atoms with Crippen LogP contribution in [0.15, 0.2) is 24.4 Å². The van der Waals surface area contributed by atoms with Crippen LogP contribution in [0.4, 0.5) is 0 Å². The zero-order valence-corrected chi connectivity index (χ0v) is 12.7. The lowest BCUT2D eigenvalue weighted by Crippen LogP contribution is -2.28. The summed E-state index contributed by atoms with van der Waals surface area (Å²) in [5.74, 6) is 0.637. The Balaban J connectivity index is 1.62. The Labute approximate surface area is 125 Å². The van der Waals surface area contributed by atoms with Crippen LogP contribution >= 0.6 is 0 Å². The van der Waals surface area contributed by atoms with Crippen LogP contribution in [0.1, 0.15) is 41.1 Å². The number of aryl methyl sites for hydroxylation is 1. The summed E-state index contributed by atoms with van der Waals surface area (Å²) >= 11 is 0. The topological polar surface area (TPSA) is 51.9 Å². The fourth-order valence-corrected chi connectivity index (χ4v) is 2.70. The van der Waals surface area contributed by atoms with E-state index in [4.69, 9.17) is 0 Å². The van der Waals surface area contributed by atoms with Gasteiger partial charge in [0.1, 0.15) is 5.69 Å². The highest BCUT2D eigenvalue weighted by Crippen LogP contribution is 2.27. The van der Waals surface area contributed by atoms with Crippen LogP contribution in [-0.4, -0.2) is 20.3 Å².